The normalized spacial score (nSPS) is 10.6. The molecular formula is C19H22BrN3O2S. The highest BCUT2D eigenvalue weighted by molar-refractivity contribution is 9.10. The number of ether oxygens (including phenoxy) is 2. The van der Waals surface area contributed by atoms with E-state index in [1.807, 2.05) is 56.3 Å². The molecule has 0 aliphatic rings. The monoisotopic (exact) mass is 435 g/mol. The summed E-state index contributed by atoms with van der Waals surface area (Å²) in [6, 6.07) is 13.8. The molecule has 5 nitrogen and oxygen atoms in total. The SMILES string of the molecule is CCNC(=S)NN=Cc1cc(OCC)c(OCc2ccccc2)cc1Br. The summed E-state index contributed by atoms with van der Waals surface area (Å²) in [6.07, 6.45) is 1.68. The van der Waals surface area contributed by atoms with E-state index in [1.54, 1.807) is 6.21 Å². The van der Waals surface area contributed by atoms with Crippen molar-refractivity contribution >= 4 is 39.5 Å². The molecule has 0 fully saturated rings. The second-order valence-electron chi connectivity index (χ2n) is 5.26. The summed E-state index contributed by atoms with van der Waals surface area (Å²) in [4.78, 5) is 0. The molecule has 138 valence electrons. The summed E-state index contributed by atoms with van der Waals surface area (Å²) >= 11 is 8.63. The molecule has 2 rings (SSSR count). The summed E-state index contributed by atoms with van der Waals surface area (Å²) in [5.41, 5.74) is 4.72. The van der Waals surface area contributed by atoms with Crippen molar-refractivity contribution in [2.45, 2.75) is 20.5 Å². The van der Waals surface area contributed by atoms with Crippen LogP contribution in [0.1, 0.15) is 25.0 Å². The zero-order chi connectivity index (χ0) is 18.8. The molecule has 0 amide bonds. The maximum Gasteiger partial charge on any atom is 0.186 e. The van der Waals surface area contributed by atoms with Gasteiger partial charge in [0.25, 0.3) is 0 Å². The first-order chi connectivity index (χ1) is 12.6. The van der Waals surface area contributed by atoms with Crippen LogP contribution in [0, 0.1) is 0 Å². The minimum absolute atomic E-state index is 0.472. The summed E-state index contributed by atoms with van der Waals surface area (Å²) in [5, 5.41) is 7.59. The molecule has 26 heavy (non-hydrogen) atoms. The van der Waals surface area contributed by atoms with Crippen molar-refractivity contribution in [2.24, 2.45) is 5.10 Å². The number of hydrogen-bond acceptors (Lipinski definition) is 4. The number of hydrazone groups is 1. The Kier molecular flexibility index (Phi) is 8.37. The van der Waals surface area contributed by atoms with Gasteiger partial charge in [0.05, 0.1) is 12.8 Å². The molecule has 0 unspecified atom stereocenters. The van der Waals surface area contributed by atoms with Crippen LogP contribution in [-0.4, -0.2) is 24.5 Å². The first-order valence-electron chi connectivity index (χ1n) is 8.34. The van der Waals surface area contributed by atoms with E-state index in [9.17, 15) is 0 Å². The minimum Gasteiger partial charge on any atom is -0.490 e. The van der Waals surface area contributed by atoms with Gasteiger partial charge in [-0.05, 0) is 59.7 Å². The van der Waals surface area contributed by atoms with E-state index in [4.69, 9.17) is 21.7 Å². The lowest BCUT2D eigenvalue weighted by atomic mass is 10.2. The van der Waals surface area contributed by atoms with Crippen molar-refractivity contribution in [3.63, 3.8) is 0 Å². The van der Waals surface area contributed by atoms with Crippen molar-refractivity contribution in [3.8, 4) is 11.5 Å². The fraction of sp³-hybridized carbons (Fsp3) is 0.263. The molecule has 0 bridgehead atoms. The van der Waals surface area contributed by atoms with Crippen LogP contribution >= 0.6 is 28.1 Å². The Morgan fingerprint density at radius 2 is 1.88 bits per heavy atom. The smallest absolute Gasteiger partial charge is 0.186 e. The number of halogens is 1. The Hall–Kier alpha value is -2.12. The molecule has 0 atom stereocenters. The third kappa shape index (κ3) is 6.31. The molecule has 7 heteroatoms. The number of rotatable bonds is 8. The highest BCUT2D eigenvalue weighted by Crippen LogP contribution is 2.33. The maximum absolute atomic E-state index is 5.94. The summed E-state index contributed by atoms with van der Waals surface area (Å²) in [7, 11) is 0. The van der Waals surface area contributed by atoms with E-state index >= 15 is 0 Å². The minimum atomic E-state index is 0.472. The van der Waals surface area contributed by atoms with Crippen LogP contribution in [0.2, 0.25) is 0 Å². The predicted octanol–water partition coefficient (Wildman–Crippen LogP) is 4.24. The summed E-state index contributed by atoms with van der Waals surface area (Å²) in [5.74, 6) is 1.35. The van der Waals surface area contributed by atoms with E-state index in [2.05, 4.69) is 31.8 Å². The van der Waals surface area contributed by atoms with Crippen LogP contribution in [0.5, 0.6) is 11.5 Å². The van der Waals surface area contributed by atoms with Crippen LogP contribution in [0.4, 0.5) is 0 Å². The number of hydrogen-bond donors (Lipinski definition) is 2. The van der Waals surface area contributed by atoms with E-state index in [0.717, 1.165) is 22.1 Å². The average Bonchev–Trinajstić information content (AvgIpc) is 2.64. The molecule has 0 radical (unpaired) electrons. The first-order valence-corrected chi connectivity index (χ1v) is 9.54. The van der Waals surface area contributed by atoms with E-state index < -0.39 is 0 Å². The zero-order valence-corrected chi connectivity index (χ0v) is 17.2. The lowest BCUT2D eigenvalue weighted by molar-refractivity contribution is 0.269. The Morgan fingerprint density at radius 1 is 1.15 bits per heavy atom. The predicted molar refractivity (Wildman–Crippen MR) is 113 cm³/mol. The Morgan fingerprint density at radius 3 is 2.58 bits per heavy atom. The van der Waals surface area contributed by atoms with Crippen molar-refractivity contribution in [1.29, 1.82) is 0 Å². The fourth-order valence-electron chi connectivity index (χ4n) is 2.13. The standard InChI is InChI=1S/C19H22BrN3O2S/c1-3-21-19(26)23-22-12-15-10-17(24-4-2)18(11-16(15)20)25-13-14-8-6-5-7-9-14/h5-12H,3-4,13H2,1-2H3,(H2,21,23,26). The third-order valence-electron chi connectivity index (χ3n) is 3.31. The zero-order valence-electron chi connectivity index (χ0n) is 14.8. The molecular weight excluding hydrogens is 414 g/mol. The van der Waals surface area contributed by atoms with Gasteiger partial charge in [-0.2, -0.15) is 5.10 Å². The van der Waals surface area contributed by atoms with Gasteiger partial charge in [-0.25, -0.2) is 0 Å². The molecule has 0 saturated carbocycles. The molecule has 0 aliphatic heterocycles. The molecule has 0 aromatic heterocycles. The van der Waals surface area contributed by atoms with Gasteiger partial charge in [0.15, 0.2) is 16.6 Å². The van der Waals surface area contributed by atoms with Gasteiger partial charge in [-0.1, -0.05) is 30.3 Å². The number of nitrogens with one attached hydrogen (secondary N) is 2. The summed E-state index contributed by atoms with van der Waals surface area (Å²) < 4.78 is 12.5. The molecule has 2 aromatic carbocycles. The molecule has 0 heterocycles. The van der Waals surface area contributed by atoms with Crippen molar-refractivity contribution in [3.05, 3.63) is 58.1 Å². The Bertz CT molecular complexity index is 754. The maximum atomic E-state index is 5.94. The number of thiocarbonyl (C=S) groups is 1. The van der Waals surface area contributed by atoms with Crippen LogP contribution in [0.25, 0.3) is 0 Å². The fourth-order valence-corrected chi connectivity index (χ4v) is 2.75. The molecule has 2 N–H and O–H groups in total. The van der Waals surface area contributed by atoms with Gasteiger partial charge in [-0.3, -0.25) is 5.43 Å². The first kappa shape index (κ1) is 20.2. The van der Waals surface area contributed by atoms with Gasteiger partial charge in [0, 0.05) is 16.6 Å². The highest BCUT2D eigenvalue weighted by atomic mass is 79.9. The lowest BCUT2D eigenvalue weighted by Crippen LogP contribution is -2.31. The molecule has 0 spiro atoms. The van der Waals surface area contributed by atoms with E-state index in [-0.39, 0.29) is 0 Å². The molecule has 0 aliphatic carbocycles. The van der Waals surface area contributed by atoms with Gasteiger partial charge in [0.2, 0.25) is 0 Å². The lowest BCUT2D eigenvalue weighted by Gasteiger charge is -2.14. The third-order valence-corrected chi connectivity index (χ3v) is 4.23. The topological polar surface area (TPSA) is 54.9 Å². The van der Waals surface area contributed by atoms with Gasteiger partial charge in [0.1, 0.15) is 6.61 Å². The van der Waals surface area contributed by atoms with E-state index in [0.29, 0.717) is 29.8 Å². The highest BCUT2D eigenvalue weighted by Gasteiger charge is 2.10. The quantitative estimate of drug-likeness (QED) is 0.368. The van der Waals surface area contributed by atoms with Crippen LogP contribution in [-0.2, 0) is 6.61 Å². The molecule has 2 aromatic rings. The van der Waals surface area contributed by atoms with E-state index in [1.165, 1.54) is 0 Å². The number of benzene rings is 2. The van der Waals surface area contributed by atoms with Gasteiger partial charge >= 0.3 is 0 Å². The van der Waals surface area contributed by atoms with Crippen molar-refractivity contribution < 1.29 is 9.47 Å². The number of nitrogens with zero attached hydrogens (tertiary/aromatic N) is 1. The van der Waals surface area contributed by atoms with Crippen LogP contribution in [0.3, 0.4) is 0 Å². The Balaban J connectivity index is 2.13. The largest absolute Gasteiger partial charge is 0.490 e. The van der Waals surface area contributed by atoms with Crippen molar-refractivity contribution in [1.82, 2.24) is 10.7 Å². The second kappa shape index (κ2) is 10.8. The van der Waals surface area contributed by atoms with Crippen LogP contribution < -0.4 is 20.2 Å². The van der Waals surface area contributed by atoms with Crippen molar-refractivity contribution in [2.75, 3.05) is 13.2 Å². The van der Waals surface area contributed by atoms with Gasteiger partial charge in [-0.15, -0.1) is 0 Å². The van der Waals surface area contributed by atoms with Gasteiger partial charge < -0.3 is 14.8 Å². The summed E-state index contributed by atoms with van der Waals surface area (Å²) in [6.45, 7) is 5.67. The van der Waals surface area contributed by atoms with Crippen LogP contribution in [0.15, 0.2) is 52.0 Å². The molecule has 0 saturated heterocycles. The second-order valence-corrected chi connectivity index (χ2v) is 6.52. The Labute approximate surface area is 167 Å². The average molecular weight is 436 g/mol.